The van der Waals surface area contributed by atoms with Crippen molar-refractivity contribution in [2.24, 2.45) is 5.16 Å². The van der Waals surface area contributed by atoms with E-state index in [-0.39, 0.29) is 11.5 Å². The molecule has 0 aromatic heterocycles. The predicted octanol–water partition coefficient (Wildman–Crippen LogP) is 2.92. The third-order valence-corrected chi connectivity index (χ3v) is 6.39. The molecule has 8 heteroatoms. The maximum atomic E-state index is 12.7. The average Bonchev–Trinajstić information content (AvgIpc) is 2.74. The molecule has 146 valence electrons. The normalized spacial score (nSPS) is 14.9. The van der Waals surface area contributed by atoms with Crippen molar-refractivity contribution in [3.8, 4) is 11.8 Å². The van der Waals surface area contributed by atoms with Crippen LogP contribution in [0.3, 0.4) is 0 Å². The molecule has 28 heavy (non-hydrogen) atoms. The largest absolute Gasteiger partial charge is 0.497 e. The average molecular weight is 399 g/mol. The molecular weight excluding hydrogens is 378 g/mol. The summed E-state index contributed by atoms with van der Waals surface area (Å²) in [5.41, 5.74) is 2.27. The van der Waals surface area contributed by atoms with E-state index < -0.39 is 10.0 Å². The smallest absolute Gasteiger partial charge is 0.243 e. The van der Waals surface area contributed by atoms with Gasteiger partial charge in [-0.25, -0.2) is 8.42 Å². The van der Waals surface area contributed by atoms with Crippen LogP contribution in [0.1, 0.15) is 24.0 Å². The molecule has 0 unspecified atom stereocenters. The van der Waals surface area contributed by atoms with Crippen molar-refractivity contribution < 1.29 is 18.0 Å². The fourth-order valence-electron chi connectivity index (χ4n) is 2.90. The lowest BCUT2D eigenvalue weighted by atomic mass is 10.1. The van der Waals surface area contributed by atoms with Crippen LogP contribution in [-0.4, -0.2) is 38.6 Å². The van der Waals surface area contributed by atoms with Gasteiger partial charge in [-0.15, -0.1) is 0 Å². The molecule has 1 aliphatic rings. The van der Waals surface area contributed by atoms with Gasteiger partial charge in [-0.3, -0.25) is 0 Å². The molecule has 1 heterocycles. The van der Waals surface area contributed by atoms with Gasteiger partial charge in [0.15, 0.2) is 0 Å². The highest BCUT2D eigenvalue weighted by atomic mass is 32.2. The first-order valence-corrected chi connectivity index (χ1v) is 10.3. The summed E-state index contributed by atoms with van der Waals surface area (Å²) in [5, 5.41) is 13.1. The number of benzene rings is 2. The van der Waals surface area contributed by atoms with Crippen LogP contribution in [0.5, 0.6) is 5.75 Å². The molecule has 1 saturated heterocycles. The van der Waals surface area contributed by atoms with Gasteiger partial charge in [-0.1, -0.05) is 17.3 Å². The van der Waals surface area contributed by atoms with Crippen molar-refractivity contribution in [3.63, 3.8) is 0 Å². The van der Waals surface area contributed by atoms with E-state index in [0.717, 1.165) is 11.3 Å². The first-order chi connectivity index (χ1) is 13.5. The number of ether oxygens (including phenoxy) is 1. The SMILES string of the molecule is COc1ccc(S(=O)(=O)N2CCC(=NOCc3cccc(C#N)c3)CC2)cc1. The Balaban J connectivity index is 1.55. The van der Waals surface area contributed by atoms with Crippen LogP contribution in [-0.2, 0) is 21.5 Å². The molecule has 0 saturated carbocycles. The lowest BCUT2D eigenvalue weighted by Gasteiger charge is -2.26. The topological polar surface area (TPSA) is 92.0 Å². The molecule has 0 amide bonds. The number of sulfonamides is 1. The number of methoxy groups -OCH3 is 1. The van der Waals surface area contributed by atoms with Gasteiger partial charge >= 0.3 is 0 Å². The van der Waals surface area contributed by atoms with E-state index in [1.807, 2.05) is 6.07 Å². The first kappa shape index (κ1) is 19.9. The maximum absolute atomic E-state index is 12.7. The zero-order valence-electron chi connectivity index (χ0n) is 15.5. The first-order valence-electron chi connectivity index (χ1n) is 8.84. The lowest BCUT2D eigenvalue weighted by Crippen LogP contribution is -2.38. The zero-order chi connectivity index (χ0) is 20.0. The Labute approximate surface area is 164 Å². The maximum Gasteiger partial charge on any atom is 0.243 e. The summed E-state index contributed by atoms with van der Waals surface area (Å²) in [6.45, 7) is 0.994. The fraction of sp³-hybridized carbons (Fsp3) is 0.300. The number of hydrogen-bond acceptors (Lipinski definition) is 6. The standard InChI is InChI=1S/C20H21N3O4S/c1-26-19-5-7-20(8-6-19)28(24,25)23-11-9-18(10-12-23)22-27-15-17-4-2-3-16(13-17)14-21/h2-8,13H,9-12,15H2,1H3. The van der Waals surface area contributed by atoms with Gasteiger partial charge in [0.05, 0.1) is 29.3 Å². The summed E-state index contributed by atoms with van der Waals surface area (Å²) in [6.07, 6.45) is 1.04. The van der Waals surface area contributed by atoms with E-state index in [0.29, 0.717) is 37.2 Å². The van der Waals surface area contributed by atoms with Gasteiger partial charge in [0.2, 0.25) is 10.0 Å². The molecule has 7 nitrogen and oxygen atoms in total. The second kappa shape index (κ2) is 8.87. The van der Waals surface area contributed by atoms with Gasteiger partial charge in [0.1, 0.15) is 12.4 Å². The van der Waals surface area contributed by atoms with Crippen molar-refractivity contribution in [3.05, 3.63) is 59.7 Å². The number of rotatable bonds is 6. The Morgan fingerprint density at radius 1 is 1.14 bits per heavy atom. The highest BCUT2D eigenvalue weighted by Crippen LogP contribution is 2.22. The molecule has 1 aliphatic heterocycles. The Bertz CT molecular complexity index is 985. The Hall–Kier alpha value is -2.89. The molecule has 0 spiro atoms. The molecule has 0 bridgehead atoms. The minimum absolute atomic E-state index is 0.252. The Morgan fingerprint density at radius 2 is 1.86 bits per heavy atom. The van der Waals surface area contributed by atoms with E-state index in [1.54, 1.807) is 42.5 Å². The molecule has 2 aromatic carbocycles. The molecule has 0 aliphatic carbocycles. The highest BCUT2D eigenvalue weighted by Gasteiger charge is 2.28. The number of nitriles is 1. The van der Waals surface area contributed by atoms with Gasteiger partial charge in [-0.2, -0.15) is 9.57 Å². The highest BCUT2D eigenvalue weighted by molar-refractivity contribution is 7.89. The molecule has 0 atom stereocenters. The molecule has 2 aromatic rings. The summed E-state index contributed by atoms with van der Waals surface area (Å²) < 4.78 is 32.0. The summed E-state index contributed by atoms with van der Waals surface area (Å²) in [5.74, 6) is 0.615. The molecule has 1 fully saturated rings. The van der Waals surface area contributed by atoms with E-state index >= 15 is 0 Å². The van der Waals surface area contributed by atoms with Crippen LogP contribution < -0.4 is 4.74 Å². The predicted molar refractivity (Wildman–Crippen MR) is 104 cm³/mol. The van der Waals surface area contributed by atoms with Crippen molar-refractivity contribution >= 4 is 15.7 Å². The van der Waals surface area contributed by atoms with Gasteiger partial charge in [-0.05, 0) is 42.0 Å². The van der Waals surface area contributed by atoms with Crippen molar-refractivity contribution in [2.75, 3.05) is 20.2 Å². The van der Waals surface area contributed by atoms with Gasteiger partial charge in [0.25, 0.3) is 0 Å². The summed E-state index contributed by atoms with van der Waals surface area (Å²) in [4.78, 5) is 5.64. The van der Waals surface area contributed by atoms with Crippen molar-refractivity contribution in [1.29, 1.82) is 5.26 Å². The van der Waals surface area contributed by atoms with Crippen LogP contribution in [0.15, 0.2) is 58.6 Å². The van der Waals surface area contributed by atoms with Crippen molar-refractivity contribution in [1.82, 2.24) is 4.31 Å². The van der Waals surface area contributed by atoms with E-state index in [4.69, 9.17) is 14.8 Å². The van der Waals surface area contributed by atoms with Crippen LogP contribution >= 0.6 is 0 Å². The van der Waals surface area contributed by atoms with E-state index in [1.165, 1.54) is 11.4 Å². The minimum Gasteiger partial charge on any atom is -0.497 e. The third kappa shape index (κ3) is 4.68. The molecular formula is C20H21N3O4S. The molecule has 0 N–H and O–H groups in total. The fourth-order valence-corrected chi connectivity index (χ4v) is 4.34. The van der Waals surface area contributed by atoms with Crippen LogP contribution in [0.2, 0.25) is 0 Å². The number of piperidine rings is 1. The Morgan fingerprint density at radius 3 is 2.50 bits per heavy atom. The molecule has 3 rings (SSSR count). The quantitative estimate of drug-likeness (QED) is 0.697. The van der Waals surface area contributed by atoms with Gasteiger partial charge in [0, 0.05) is 25.9 Å². The number of nitrogens with zero attached hydrogens (tertiary/aromatic N) is 3. The number of hydrogen-bond donors (Lipinski definition) is 0. The van der Waals surface area contributed by atoms with Gasteiger partial charge < -0.3 is 9.57 Å². The second-order valence-electron chi connectivity index (χ2n) is 6.32. The summed E-state index contributed by atoms with van der Waals surface area (Å²) in [6, 6.07) is 15.6. The van der Waals surface area contributed by atoms with Crippen molar-refractivity contribution in [2.45, 2.75) is 24.3 Å². The monoisotopic (exact) mass is 399 g/mol. The van der Waals surface area contributed by atoms with Crippen LogP contribution in [0.25, 0.3) is 0 Å². The van der Waals surface area contributed by atoms with Crippen LogP contribution in [0, 0.1) is 11.3 Å². The molecule has 0 radical (unpaired) electrons. The minimum atomic E-state index is -3.53. The third-order valence-electron chi connectivity index (χ3n) is 4.48. The summed E-state index contributed by atoms with van der Waals surface area (Å²) >= 11 is 0. The lowest BCUT2D eigenvalue weighted by molar-refractivity contribution is 0.128. The van der Waals surface area contributed by atoms with Crippen LogP contribution in [0.4, 0.5) is 0 Å². The second-order valence-corrected chi connectivity index (χ2v) is 8.26. The van der Waals surface area contributed by atoms with E-state index in [2.05, 4.69) is 11.2 Å². The zero-order valence-corrected chi connectivity index (χ0v) is 16.4. The summed E-state index contributed by atoms with van der Waals surface area (Å²) in [7, 11) is -1.99. The number of oxime groups is 1. The van der Waals surface area contributed by atoms with E-state index in [9.17, 15) is 8.42 Å². The Kier molecular flexibility index (Phi) is 6.29.